The molecule has 1 aliphatic heterocycles. The summed E-state index contributed by atoms with van der Waals surface area (Å²) in [5.74, 6) is 0.00511. The summed E-state index contributed by atoms with van der Waals surface area (Å²) in [6.07, 6.45) is 5.08. The lowest BCUT2D eigenvalue weighted by Crippen LogP contribution is -2.38. The van der Waals surface area contributed by atoms with Crippen molar-refractivity contribution in [3.05, 3.63) is 42.0 Å². The Morgan fingerprint density at radius 2 is 2.00 bits per heavy atom. The maximum atomic E-state index is 12.1. The summed E-state index contributed by atoms with van der Waals surface area (Å²) in [4.78, 5) is 25.1. The molecule has 0 aromatic heterocycles. The van der Waals surface area contributed by atoms with Gasteiger partial charge in [0, 0.05) is 13.5 Å². The Balaban J connectivity index is 2.04. The predicted molar refractivity (Wildman–Crippen MR) is 70.9 cm³/mol. The normalized spacial score (nSPS) is 19.4. The molecule has 1 saturated heterocycles. The van der Waals surface area contributed by atoms with E-state index < -0.39 is 0 Å². The molecule has 18 heavy (non-hydrogen) atoms. The molecular weight excluding hydrogens is 226 g/mol. The van der Waals surface area contributed by atoms with Crippen molar-refractivity contribution in [2.45, 2.75) is 25.8 Å². The topological polar surface area (TPSA) is 37.4 Å². The van der Waals surface area contributed by atoms with Crippen molar-refractivity contribution in [2.24, 2.45) is 0 Å². The van der Waals surface area contributed by atoms with Gasteiger partial charge < -0.3 is 4.90 Å². The maximum absolute atomic E-state index is 12.1. The van der Waals surface area contributed by atoms with E-state index in [0.29, 0.717) is 6.54 Å². The van der Waals surface area contributed by atoms with Crippen molar-refractivity contribution < 1.29 is 9.59 Å². The summed E-state index contributed by atoms with van der Waals surface area (Å²) in [6.45, 7) is 2.22. The first-order valence-corrected chi connectivity index (χ1v) is 6.22. The van der Waals surface area contributed by atoms with Gasteiger partial charge in [-0.3, -0.25) is 9.59 Å². The van der Waals surface area contributed by atoms with Gasteiger partial charge in [0.1, 0.15) is 0 Å². The van der Waals surface area contributed by atoms with Crippen LogP contribution in [0.2, 0.25) is 0 Å². The van der Waals surface area contributed by atoms with Crippen LogP contribution in [-0.2, 0) is 9.59 Å². The first-order chi connectivity index (χ1) is 8.68. The van der Waals surface area contributed by atoms with Crippen LogP contribution >= 0.6 is 0 Å². The minimum Gasteiger partial charge on any atom is -0.333 e. The highest BCUT2D eigenvalue weighted by Crippen LogP contribution is 2.18. The molecule has 94 valence electrons. The van der Waals surface area contributed by atoms with E-state index in [9.17, 15) is 9.59 Å². The molecule has 2 rings (SSSR count). The summed E-state index contributed by atoms with van der Waals surface area (Å²) >= 11 is 0. The van der Waals surface area contributed by atoms with Gasteiger partial charge in [0.2, 0.25) is 5.91 Å². The number of hydrogen-bond donors (Lipinski definition) is 0. The molecule has 1 aromatic rings. The van der Waals surface area contributed by atoms with Crippen LogP contribution in [0.3, 0.4) is 0 Å². The molecule has 1 heterocycles. The number of benzene rings is 1. The van der Waals surface area contributed by atoms with Crippen LogP contribution in [0.5, 0.6) is 0 Å². The Morgan fingerprint density at radius 3 is 2.67 bits per heavy atom. The molecule has 1 amide bonds. The van der Waals surface area contributed by atoms with Crippen LogP contribution in [0.4, 0.5) is 0 Å². The van der Waals surface area contributed by atoms with Gasteiger partial charge in [-0.05, 0) is 24.5 Å². The van der Waals surface area contributed by atoms with E-state index >= 15 is 0 Å². The van der Waals surface area contributed by atoms with E-state index in [1.807, 2.05) is 30.3 Å². The zero-order valence-electron chi connectivity index (χ0n) is 10.5. The highest BCUT2D eigenvalue weighted by molar-refractivity contribution is 5.99. The standard InChI is InChI=1S/C15H17NO2/c1-12(17)16-11-5-8-14(16)15(18)10-9-13-6-3-2-4-7-13/h2-4,6-7,9-10,14H,5,8,11H2,1H3/b10-9+/t14-/m0/s1. The monoisotopic (exact) mass is 243 g/mol. The number of amides is 1. The number of carbonyl (C=O) groups excluding carboxylic acids is 2. The Kier molecular flexibility index (Phi) is 3.92. The Morgan fingerprint density at radius 1 is 1.28 bits per heavy atom. The molecule has 0 bridgehead atoms. The van der Waals surface area contributed by atoms with Crippen molar-refractivity contribution >= 4 is 17.8 Å². The smallest absolute Gasteiger partial charge is 0.220 e. The van der Waals surface area contributed by atoms with Crippen LogP contribution < -0.4 is 0 Å². The van der Waals surface area contributed by atoms with Gasteiger partial charge in [0.05, 0.1) is 6.04 Å². The number of likely N-dealkylation sites (tertiary alicyclic amines) is 1. The van der Waals surface area contributed by atoms with Crippen molar-refractivity contribution in [3.8, 4) is 0 Å². The van der Waals surface area contributed by atoms with Gasteiger partial charge >= 0.3 is 0 Å². The Bertz CT molecular complexity index is 465. The zero-order valence-corrected chi connectivity index (χ0v) is 10.5. The highest BCUT2D eigenvalue weighted by Gasteiger charge is 2.30. The third-order valence-corrected chi connectivity index (χ3v) is 3.23. The van der Waals surface area contributed by atoms with Gasteiger partial charge in [-0.2, -0.15) is 0 Å². The fraction of sp³-hybridized carbons (Fsp3) is 0.333. The summed E-state index contributed by atoms with van der Waals surface area (Å²) in [6, 6.07) is 9.43. The van der Waals surface area contributed by atoms with Gasteiger partial charge in [-0.1, -0.05) is 36.4 Å². The second-order valence-electron chi connectivity index (χ2n) is 4.52. The summed E-state index contributed by atoms with van der Waals surface area (Å²) in [5.41, 5.74) is 0.998. The van der Waals surface area contributed by atoms with Crippen LogP contribution in [0, 0.1) is 0 Å². The number of carbonyl (C=O) groups is 2. The van der Waals surface area contributed by atoms with Gasteiger partial charge in [-0.15, -0.1) is 0 Å². The molecule has 0 saturated carbocycles. The lowest BCUT2D eigenvalue weighted by Gasteiger charge is -2.20. The Labute approximate surface area is 107 Å². The number of hydrogen-bond acceptors (Lipinski definition) is 2. The van der Waals surface area contributed by atoms with Crippen molar-refractivity contribution in [1.82, 2.24) is 4.90 Å². The molecule has 0 radical (unpaired) electrons. The van der Waals surface area contributed by atoms with Gasteiger partial charge in [0.15, 0.2) is 5.78 Å². The highest BCUT2D eigenvalue weighted by atomic mass is 16.2. The second kappa shape index (κ2) is 5.63. The first-order valence-electron chi connectivity index (χ1n) is 6.22. The lowest BCUT2D eigenvalue weighted by atomic mass is 10.1. The van der Waals surface area contributed by atoms with Gasteiger partial charge in [0.25, 0.3) is 0 Å². The van der Waals surface area contributed by atoms with Crippen molar-refractivity contribution in [1.29, 1.82) is 0 Å². The van der Waals surface area contributed by atoms with Gasteiger partial charge in [-0.25, -0.2) is 0 Å². The van der Waals surface area contributed by atoms with E-state index in [1.165, 1.54) is 6.92 Å². The second-order valence-corrected chi connectivity index (χ2v) is 4.52. The minimum atomic E-state index is -0.262. The fourth-order valence-corrected chi connectivity index (χ4v) is 2.29. The number of nitrogens with zero attached hydrogens (tertiary/aromatic N) is 1. The molecule has 0 unspecified atom stereocenters. The lowest BCUT2D eigenvalue weighted by molar-refractivity contribution is -0.134. The first kappa shape index (κ1) is 12.6. The maximum Gasteiger partial charge on any atom is 0.220 e. The zero-order chi connectivity index (χ0) is 13.0. The van der Waals surface area contributed by atoms with E-state index in [0.717, 1.165) is 18.4 Å². The molecule has 1 atom stereocenters. The average molecular weight is 243 g/mol. The third-order valence-electron chi connectivity index (χ3n) is 3.23. The van der Waals surface area contributed by atoms with Crippen LogP contribution in [-0.4, -0.2) is 29.2 Å². The van der Waals surface area contributed by atoms with Crippen molar-refractivity contribution in [3.63, 3.8) is 0 Å². The van der Waals surface area contributed by atoms with Crippen molar-refractivity contribution in [2.75, 3.05) is 6.54 Å². The summed E-state index contributed by atoms with van der Waals surface area (Å²) in [7, 11) is 0. The molecule has 1 aromatic carbocycles. The molecule has 3 heteroatoms. The SMILES string of the molecule is CC(=O)N1CCC[C@H]1C(=O)/C=C/c1ccccc1. The van der Waals surface area contributed by atoms with E-state index in [-0.39, 0.29) is 17.7 Å². The summed E-state index contributed by atoms with van der Waals surface area (Å²) in [5, 5.41) is 0. The molecule has 0 N–H and O–H groups in total. The molecule has 0 aliphatic carbocycles. The molecule has 0 spiro atoms. The average Bonchev–Trinajstić information content (AvgIpc) is 2.86. The predicted octanol–water partition coefficient (Wildman–Crippen LogP) is 2.28. The molecule has 1 fully saturated rings. The fourth-order valence-electron chi connectivity index (χ4n) is 2.29. The Hall–Kier alpha value is -1.90. The van der Waals surface area contributed by atoms with Crippen LogP contribution in [0.1, 0.15) is 25.3 Å². The van der Waals surface area contributed by atoms with Crippen LogP contribution in [0.15, 0.2) is 36.4 Å². The van der Waals surface area contributed by atoms with E-state index in [1.54, 1.807) is 17.1 Å². The van der Waals surface area contributed by atoms with E-state index in [4.69, 9.17) is 0 Å². The molecular formula is C15H17NO2. The number of rotatable bonds is 3. The van der Waals surface area contributed by atoms with Crippen LogP contribution in [0.25, 0.3) is 6.08 Å². The van der Waals surface area contributed by atoms with E-state index in [2.05, 4.69) is 0 Å². The summed E-state index contributed by atoms with van der Waals surface area (Å²) < 4.78 is 0. The molecule has 3 nitrogen and oxygen atoms in total. The largest absolute Gasteiger partial charge is 0.333 e. The third kappa shape index (κ3) is 2.86. The molecule has 1 aliphatic rings. The minimum absolute atomic E-state index is 0.0149. The number of ketones is 1. The quantitative estimate of drug-likeness (QED) is 0.764.